The zero-order valence-corrected chi connectivity index (χ0v) is 10.7. The van der Waals surface area contributed by atoms with Gasteiger partial charge < -0.3 is 11.1 Å². The van der Waals surface area contributed by atoms with Crippen LogP contribution in [-0.2, 0) is 16.6 Å². The van der Waals surface area contributed by atoms with Crippen LogP contribution >= 0.6 is 0 Å². The van der Waals surface area contributed by atoms with Crippen LogP contribution in [0, 0.1) is 6.92 Å². The fourth-order valence-corrected chi connectivity index (χ4v) is 2.06. The van der Waals surface area contributed by atoms with E-state index in [1.807, 2.05) is 0 Å². The zero-order chi connectivity index (χ0) is 13.4. The van der Waals surface area contributed by atoms with Gasteiger partial charge in [-0.1, -0.05) is 0 Å². The molecule has 1 aromatic rings. The predicted octanol–water partition coefficient (Wildman–Crippen LogP) is -0.130. The molecular formula is C11H17N5O2. The number of nitrogens with one attached hydrogen (secondary N) is 1. The van der Waals surface area contributed by atoms with E-state index in [0.717, 1.165) is 4.90 Å². The number of likely N-dealkylation sites (N-methyl/N-ethyl adjacent to an activating group) is 1. The number of hydrogen-bond acceptors (Lipinski definition) is 5. The van der Waals surface area contributed by atoms with Gasteiger partial charge in [-0.3, -0.25) is 19.2 Å². The molecule has 0 bridgehead atoms. The highest BCUT2D eigenvalue weighted by Gasteiger charge is 2.32. The molecule has 1 aliphatic rings. The van der Waals surface area contributed by atoms with E-state index < -0.39 is 6.04 Å². The Bertz CT molecular complexity index is 508. The number of carbonyl (C=O) groups excluding carboxylic acids is 2. The van der Waals surface area contributed by atoms with Gasteiger partial charge in [-0.25, -0.2) is 0 Å². The average Bonchev–Trinajstić information content (AvgIpc) is 2.56. The molecular weight excluding hydrogens is 234 g/mol. The van der Waals surface area contributed by atoms with Crippen molar-refractivity contribution >= 4 is 23.3 Å². The van der Waals surface area contributed by atoms with Gasteiger partial charge in [0.05, 0.1) is 11.4 Å². The molecule has 2 rings (SSSR count). The molecule has 1 aromatic heterocycles. The highest BCUT2D eigenvalue weighted by Crippen LogP contribution is 2.24. The van der Waals surface area contributed by atoms with E-state index >= 15 is 0 Å². The van der Waals surface area contributed by atoms with E-state index in [0.29, 0.717) is 30.0 Å². The standard InChI is InChI=1S/C11H17N5O2/c1-6-9(12)10(16(3)14-6)13-7-4-5-8(17)15(2)11(7)18/h7,13H,4-5,12H2,1-3H3. The summed E-state index contributed by atoms with van der Waals surface area (Å²) in [6.45, 7) is 1.80. The van der Waals surface area contributed by atoms with Crippen LogP contribution in [0.3, 0.4) is 0 Å². The first-order valence-corrected chi connectivity index (χ1v) is 5.77. The van der Waals surface area contributed by atoms with Crippen LogP contribution in [0.1, 0.15) is 18.5 Å². The van der Waals surface area contributed by atoms with E-state index in [2.05, 4.69) is 10.4 Å². The number of anilines is 2. The fraction of sp³-hybridized carbons (Fsp3) is 0.545. The molecule has 2 heterocycles. The monoisotopic (exact) mass is 251 g/mol. The van der Waals surface area contributed by atoms with Crippen LogP contribution in [0.5, 0.6) is 0 Å². The number of amides is 2. The van der Waals surface area contributed by atoms with E-state index in [1.54, 1.807) is 18.7 Å². The largest absolute Gasteiger partial charge is 0.394 e. The number of aryl methyl sites for hydroxylation is 2. The number of imide groups is 1. The summed E-state index contributed by atoms with van der Waals surface area (Å²) in [7, 11) is 3.25. The number of nitrogens with two attached hydrogens (primary N) is 1. The van der Waals surface area contributed by atoms with Crippen LogP contribution in [0.15, 0.2) is 0 Å². The summed E-state index contributed by atoms with van der Waals surface area (Å²) in [5.41, 5.74) is 7.14. The number of rotatable bonds is 2. The lowest BCUT2D eigenvalue weighted by atomic mass is 10.0. The highest BCUT2D eigenvalue weighted by atomic mass is 16.2. The van der Waals surface area contributed by atoms with Crippen LogP contribution in [0.25, 0.3) is 0 Å². The molecule has 0 aromatic carbocycles. The van der Waals surface area contributed by atoms with E-state index in [1.165, 1.54) is 7.05 Å². The Morgan fingerprint density at radius 1 is 1.39 bits per heavy atom. The summed E-state index contributed by atoms with van der Waals surface area (Å²) in [5.74, 6) is 0.241. The lowest BCUT2D eigenvalue weighted by molar-refractivity contribution is -0.146. The molecule has 7 heteroatoms. The summed E-state index contributed by atoms with van der Waals surface area (Å²) in [5, 5.41) is 7.24. The molecule has 0 spiro atoms. The summed E-state index contributed by atoms with van der Waals surface area (Å²) < 4.78 is 1.61. The van der Waals surface area contributed by atoms with Gasteiger partial charge in [0.1, 0.15) is 11.9 Å². The Kier molecular flexibility index (Phi) is 2.98. The minimum Gasteiger partial charge on any atom is -0.394 e. The number of carbonyl (C=O) groups is 2. The van der Waals surface area contributed by atoms with Crippen molar-refractivity contribution in [2.24, 2.45) is 7.05 Å². The molecule has 1 saturated heterocycles. The Hall–Kier alpha value is -2.05. The predicted molar refractivity (Wildman–Crippen MR) is 66.8 cm³/mol. The minimum atomic E-state index is -0.426. The van der Waals surface area contributed by atoms with Crippen molar-refractivity contribution in [2.75, 3.05) is 18.1 Å². The maximum atomic E-state index is 11.9. The molecule has 1 aliphatic heterocycles. The number of nitrogen functional groups attached to an aromatic ring is 1. The molecule has 2 amide bonds. The van der Waals surface area contributed by atoms with Crippen molar-refractivity contribution in [3.8, 4) is 0 Å². The molecule has 1 fully saturated rings. The van der Waals surface area contributed by atoms with Crippen LogP contribution in [0.4, 0.5) is 11.5 Å². The van der Waals surface area contributed by atoms with Gasteiger partial charge in [0.2, 0.25) is 5.91 Å². The van der Waals surface area contributed by atoms with Gasteiger partial charge in [-0.2, -0.15) is 5.10 Å². The topological polar surface area (TPSA) is 93.2 Å². The van der Waals surface area contributed by atoms with E-state index in [9.17, 15) is 9.59 Å². The van der Waals surface area contributed by atoms with Gasteiger partial charge >= 0.3 is 0 Å². The third kappa shape index (κ3) is 1.92. The van der Waals surface area contributed by atoms with Crippen LogP contribution < -0.4 is 11.1 Å². The Balaban J connectivity index is 2.19. The number of aromatic nitrogens is 2. The van der Waals surface area contributed by atoms with Crippen molar-refractivity contribution in [1.82, 2.24) is 14.7 Å². The highest BCUT2D eigenvalue weighted by molar-refractivity contribution is 6.01. The maximum absolute atomic E-state index is 11.9. The van der Waals surface area contributed by atoms with Crippen molar-refractivity contribution in [1.29, 1.82) is 0 Å². The molecule has 1 unspecified atom stereocenters. The number of likely N-dealkylation sites (tertiary alicyclic amines) is 1. The van der Waals surface area contributed by atoms with Gasteiger partial charge in [-0.05, 0) is 13.3 Å². The molecule has 7 nitrogen and oxygen atoms in total. The van der Waals surface area contributed by atoms with Gasteiger partial charge in [0.15, 0.2) is 0 Å². The SMILES string of the molecule is Cc1nn(C)c(NC2CCC(=O)N(C)C2=O)c1N. The molecule has 3 N–H and O–H groups in total. The summed E-state index contributed by atoms with van der Waals surface area (Å²) in [6, 6.07) is -0.426. The van der Waals surface area contributed by atoms with E-state index in [-0.39, 0.29) is 11.8 Å². The third-order valence-corrected chi connectivity index (χ3v) is 3.23. The average molecular weight is 251 g/mol. The van der Waals surface area contributed by atoms with Crippen molar-refractivity contribution < 1.29 is 9.59 Å². The fourth-order valence-electron chi connectivity index (χ4n) is 2.06. The lowest BCUT2D eigenvalue weighted by Gasteiger charge is -2.28. The minimum absolute atomic E-state index is 0.146. The first-order chi connectivity index (χ1) is 8.41. The molecule has 1 atom stereocenters. The summed E-state index contributed by atoms with van der Waals surface area (Å²) in [6.07, 6.45) is 0.836. The van der Waals surface area contributed by atoms with Gasteiger partial charge in [-0.15, -0.1) is 0 Å². The second kappa shape index (κ2) is 4.32. The smallest absolute Gasteiger partial charge is 0.251 e. The van der Waals surface area contributed by atoms with Crippen LogP contribution in [0.2, 0.25) is 0 Å². The number of hydrogen-bond donors (Lipinski definition) is 2. The van der Waals surface area contributed by atoms with Crippen molar-refractivity contribution in [3.63, 3.8) is 0 Å². The quantitative estimate of drug-likeness (QED) is 0.714. The Labute approximate surface area is 105 Å². The van der Waals surface area contributed by atoms with Crippen LogP contribution in [-0.4, -0.2) is 39.6 Å². The summed E-state index contributed by atoms with van der Waals surface area (Å²) in [4.78, 5) is 24.5. The second-order valence-electron chi connectivity index (χ2n) is 4.50. The lowest BCUT2D eigenvalue weighted by Crippen LogP contribution is -2.48. The Morgan fingerprint density at radius 3 is 2.61 bits per heavy atom. The zero-order valence-electron chi connectivity index (χ0n) is 10.7. The van der Waals surface area contributed by atoms with E-state index in [4.69, 9.17) is 5.73 Å². The first kappa shape index (κ1) is 12.4. The number of nitrogens with zero attached hydrogens (tertiary/aromatic N) is 3. The van der Waals surface area contributed by atoms with Crippen molar-refractivity contribution in [2.45, 2.75) is 25.8 Å². The first-order valence-electron chi connectivity index (χ1n) is 5.77. The maximum Gasteiger partial charge on any atom is 0.251 e. The molecule has 0 aliphatic carbocycles. The molecule has 0 saturated carbocycles. The molecule has 98 valence electrons. The molecule has 0 radical (unpaired) electrons. The van der Waals surface area contributed by atoms with Gasteiger partial charge in [0, 0.05) is 20.5 Å². The van der Waals surface area contributed by atoms with Gasteiger partial charge in [0.25, 0.3) is 5.91 Å². The molecule has 18 heavy (non-hydrogen) atoms. The second-order valence-corrected chi connectivity index (χ2v) is 4.50. The number of piperidine rings is 1. The van der Waals surface area contributed by atoms with Crippen molar-refractivity contribution in [3.05, 3.63) is 5.69 Å². The normalized spacial score (nSPS) is 20.4. The Morgan fingerprint density at radius 2 is 2.06 bits per heavy atom. The summed E-state index contributed by atoms with van der Waals surface area (Å²) >= 11 is 0. The third-order valence-electron chi connectivity index (χ3n) is 3.23.